The molecule has 1 aromatic heterocycles. The number of nitrogens with zero attached hydrogens (tertiary/aromatic N) is 3. The van der Waals surface area contributed by atoms with E-state index in [0.29, 0.717) is 5.95 Å². The van der Waals surface area contributed by atoms with Crippen LogP contribution in [0, 0.1) is 0 Å². The predicted octanol–water partition coefficient (Wildman–Crippen LogP) is 1.49. The largest absolute Gasteiger partial charge is 0.396 e. The number of nitrogens with one attached hydrogen (secondary N) is 1. The highest BCUT2D eigenvalue weighted by molar-refractivity contribution is 9.10. The predicted molar refractivity (Wildman–Crippen MR) is 68.9 cm³/mol. The van der Waals surface area contributed by atoms with Crippen molar-refractivity contribution in [1.29, 1.82) is 0 Å². The van der Waals surface area contributed by atoms with Crippen LogP contribution in [-0.4, -0.2) is 41.8 Å². The molecule has 2 N–H and O–H groups in total. The summed E-state index contributed by atoms with van der Waals surface area (Å²) in [6, 6.07) is 0. The van der Waals surface area contributed by atoms with Gasteiger partial charge in [0.1, 0.15) is 5.82 Å². The van der Waals surface area contributed by atoms with E-state index < -0.39 is 0 Å². The topological polar surface area (TPSA) is 61.3 Å². The summed E-state index contributed by atoms with van der Waals surface area (Å²) in [4.78, 5) is 10.6. The number of rotatable bonds is 6. The lowest BCUT2D eigenvalue weighted by molar-refractivity contribution is 0.289. The third-order valence-corrected chi connectivity index (χ3v) is 2.78. The van der Waals surface area contributed by atoms with Gasteiger partial charge in [0.05, 0.1) is 4.47 Å². The highest BCUT2D eigenvalue weighted by Gasteiger charge is 2.11. The van der Waals surface area contributed by atoms with Crippen LogP contribution in [0.1, 0.15) is 13.3 Å². The molecule has 0 aliphatic carbocycles. The third kappa shape index (κ3) is 3.31. The Morgan fingerprint density at radius 2 is 2.31 bits per heavy atom. The van der Waals surface area contributed by atoms with Gasteiger partial charge in [0.15, 0.2) is 0 Å². The Morgan fingerprint density at radius 3 is 2.88 bits per heavy atom. The monoisotopic (exact) mass is 288 g/mol. The molecule has 0 aromatic carbocycles. The van der Waals surface area contributed by atoms with Crippen LogP contribution in [0.15, 0.2) is 10.7 Å². The normalized spacial score (nSPS) is 10.2. The Labute approximate surface area is 104 Å². The summed E-state index contributed by atoms with van der Waals surface area (Å²) in [7, 11) is 1.79. The molecule has 0 bridgehead atoms. The molecule has 90 valence electrons. The van der Waals surface area contributed by atoms with E-state index in [0.717, 1.165) is 29.8 Å². The van der Waals surface area contributed by atoms with Crippen LogP contribution in [0.2, 0.25) is 0 Å². The first-order chi connectivity index (χ1) is 7.72. The van der Waals surface area contributed by atoms with Crippen LogP contribution in [0.4, 0.5) is 11.8 Å². The van der Waals surface area contributed by atoms with E-state index in [-0.39, 0.29) is 6.61 Å². The van der Waals surface area contributed by atoms with Gasteiger partial charge >= 0.3 is 0 Å². The average molecular weight is 289 g/mol. The van der Waals surface area contributed by atoms with Crippen LogP contribution in [0.5, 0.6) is 0 Å². The van der Waals surface area contributed by atoms with Crippen LogP contribution < -0.4 is 10.2 Å². The molecule has 0 atom stereocenters. The van der Waals surface area contributed by atoms with E-state index in [1.54, 1.807) is 13.2 Å². The van der Waals surface area contributed by atoms with Crippen molar-refractivity contribution in [3.8, 4) is 0 Å². The van der Waals surface area contributed by atoms with Gasteiger partial charge < -0.3 is 15.3 Å². The fourth-order valence-corrected chi connectivity index (χ4v) is 1.82. The van der Waals surface area contributed by atoms with Gasteiger partial charge in [-0.1, -0.05) is 0 Å². The highest BCUT2D eigenvalue weighted by atomic mass is 79.9. The van der Waals surface area contributed by atoms with Crippen molar-refractivity contribution in [3.05, 3.63) is 10.7 Å². The Kier molecular flexibility index (Phi) is 5.48. The van der Waals surface area contributed by atoms with Gasteiger partial charge in [-0.3, -0.25) is 0 Å². The van der Waals surface area contributed by atoms with Crippen LogP contribution in [0.3, 0.4) is 0 Å². The van der Waals surface area contributed by atoms with Gasteiger partial charge in [0.2, 0.25) is 5.95 Å². The molecule has 1 rings (SSSR count). The number of aliphatic hydroxyl groups is 1. The second kappa shape index (κ2) is 6.65. The highest BCUT2D eigenvalue weighted by Crippen LogP contribution is 2.24. The zero-order valence-electron chi connectivity index (χ0n) is 9.57. The quantitative estimate of drug-likeness (QED) is 0.831. The molecule has 5 nitrogen and oxygen atoms in total. The van der Waals surface area contributed by atoms with Gasteiger partial charge in [-0.2, -0.15) is 4.98 Å². The SMILES string of the molecule is CCN(CCCO)c1nc(NC)ncc1Br. The lowest BCUT2D eigenvalue weighted by Gasteiger charge is -2.22. The minimum absolute atomic E-state index is 0.193. The minimum atomic E-state index is 0.193. The van der Waals surface area contributed by atoms with E-state index in [1.165, 1.54) is 0 Å². The van der Waals surface area contributed by atoms with Crippen LogP contribution in [-0.2, 0) is 0 Å². The molecule has 0 saturated heterocycles. The summed E-state index contributed by atoms with van der Waals surface area (Å²) >= 11 is 3.44. The van der Waals surface area contributed by atoms with Crippen molar-refractivity contribution in [3.63, 3.8) is 0 Å². The zero-order chi connectivity index (χ0) is 12.0. The number of hydrogen-bond donors (Lipinski definition) is 2. The Bertz CT molecular complexity index is 335. The number of aliphatic hydroxyl groups excluding tert-OH is 1. The van der Waals surface area contributed by atoms with Crippen LogP contribution >= 0.6 is 15.9 Å². The van der Waals surface area contributed by atoms with Crippen molar-refractivity contribution in [2.45, 2.75) is 13.3 Å². The van der Waals surface area contributed by atoms with Crippen molar-refractivity contribution >= 4 is 27.7 Å². The molecule has 0 fully saturated rings. The number of anilines is 2. The first-order valence-corrected chi connectivity index (χ1v) is 6.08. The smallest absolute Gasteiger partial charge is 0.224 e. The third-order valence-electron chi connectivity index (χ3n) is 2.22. The molecule has 16 heavy (non-hydrogen) atoms. The van der Waals surface area contributed by atoms with E-state index in [1.807, 2.05) is 0 Å². The fraction of sp³-hybridized carbons (Fsp3) is 0.600. The van der Waals surface area contributed by atoms with Crippen molar-refractivity contribution < 1.29 is 5.11 Å². The lowest BCUT2D eigenvalue weighted by Crippen LogP contribution is -2.26. The summed E-state index contributed by atoms with van der Waals surface area (Å²) in [6.07, 6.45) is 2.47. The van der Waals surface area contributed by atoms with Gasteiger partial charge in [-0.05, 0) is 29.3 Å². The van der Waals surface area contributed by atoms with Crippen molar-refractivity contribution in [2.24, 2.45) is 0 Å². The lowest BCUT2D eigenvalue weighted by atomic mass is 10.4. The average Bonchev–Trinajstić information content (AvgIpc) is 2.32. The number of halogens is 1. The Morgan fingerprint density at radius 1 is 1.56 bits per heavy atom. The number of aromatic nitrogens is 2. The van der Waals surface area contributed by atoms with Gasteiger partial charge in [-0.15, -0.1) is 0 Å². The van der Waals surface area contributed by atoms with Crippen molar-refractivity contribution in [2.75, 3.05) is 37.0 Å². The maximum absolute atomic E-state index is 8.84. The Hall–Kier alpha value is -0.880. The number of hydrogen-bond acceptors (Lipinski definition) is 5. The second-order valence-corrected chi connectivity index (χ2v) is 4.13. The summed E-state index contributed by atoms with van der Waals surface area (Å²) in [5.41, 5.74) is 0. The molecule has 0 unspecified atom stereocenters. The Balaban J connectivity index is 2.89. The van der Waals surface area contributed by atoms with Gasteiger partial charge in [-0.25, -0.2) is 4.98 Å². The molecule has 0 aliphatic rings. The standard InChI is InChI=1S/C10H17BrN4O/c1-3-15(5-4-6-16)9-8(11)7-13-10(12-2)14-9/h7,16H,3-6H2,1-2H3,(H,12,13,14). The molecule has 1 heterocycles. The van der Waals surface area contributed by atoms with E-state index in [2.05, 4.69) is 43.0 Å². The van der Waals surface area contributed by atoms with Gasteiger partial charge in [0, 0.05) is 32.9 Å². The van der Waals surface area contributed by atoms with Gasteiger partial charge in [0.25, 0.3) is 0 Å². The van der Waals surface area contributed by atoms with Crippen molar-refractivity contribution in [1.82, 2.24) is 9.97 Å². The summed E-state index contributed by atoms with van der Waals surface area (Å²) in [6.45, 7) is 3.88. The minimum Gasteiger partial charge on any atom is -0.396 e. The summed E-state index contributed by atoms with van der Waals surface area (Å²) in [5.74, 6) is 1.45. The molecule has 0 aliphatic heterocycles. The van der Waals surface area contributed by atoms with Crippen LogP contribution in [0.25, 0.3) is 0 Å². The molecular weight excluding hydrogens is 272 g/mol. The zero-order valence-corrected chi connectivity index (χ0v) is 11.2. The fourth-order valence-electron chi connectivity index (χ4n) is 1.38. The summed E-state index contributed by atoms with van der Waals surface area (Å²) in [5, 5.41) is 11.8. The van der Waals surface area contributed by atoms with E-state index in [4.69, 9.17) is 5.11 Å². The molecule has 0 spiro atoms. The molecule has 0 saturated carbocycles. The first-order valence-electron chi connectivity index (χ1n) is 5.29. The van der Waals surface area contributed by atoms with E-state index in [9.17, 15) is 0 Å². The molecular formula is C10H17BrN4O. The molecule has 6 heteroatoms. The maximum atomic E-state index is 8.84. The molecule has 0 radical (unpaired) electrons. The van der Waals surface area contributed by atoms with E-state index >= 15 is 0 Å². The maximum Gasteiger partial charge on any atom is 0.224 e. The summed E-state index contributed by atoms with van der Waals surface area (Å²) < 4.78 is 0.867. The molecule has 0 amide bonds. The molecule has 1 aromatic rings. The second-order valence-electron chi connectivity index (χ2n) is 3.27. The first kappa shape index (κ1) is 13.2.